The van der Waals surface area contributed by atoms with E-state index in [1.165, 1.54) is 33.4 Å². The fraction of sp³-hybridized carbons (Fsp3) is 0. The van der Waals surface area contributed by atoms with E-state index < -0.39 is 0 Å². The van der Waals surface area contributed by atoms with E-state index in [9.17, 15) is 0 Å². The van der Waals surface area contributed by atoms with Crippen molar-refractivity contribution in [1.29, 1.82) is 0 Å². The van der Waals surface area contributed by atoms with E-state index in [0.717, 1.165) is 72.0 Å². The largest absolute Gasteiger partial charge is 0.455 e. The first-order chi connectivity index (χ1) is 29.8. The third-order valence-electron chi connectivity index (χ3n) is 11.7. The minimum absolute atomic E-state index is 0.867. The molecule has 0 unspecified atom stereocenters. The number of anilines is 3. The molecule has 0 bridgehead atoms. The van der Waals surface area contributed by atoms with Gasteiger partial charge in [0.15, 0.2) is 0 Å². The maximum atomic E-state index is 6.90. The molecule has 0 fully saturated rings. The van der Waals surface area contributed by atoms with Gasteiger partial charge in [0.05, 0.1) is 11.4 Å². The van der Waals surface area contributed by atoms with Crippen LogP contribution in [-0.2, 0) is 0 Å². The molecule has 0 amide bonds. The lowest BCUT2D eigenvalue weighted by Crippen LogP contribution is -2.12. The van der Waals surface area contributed by atoms with Crippen molar-refractivity contribution >= 4 is 49.8 Å². The average molecular weight is 766 g/mol. The molecule has 0 saturated carbocycles. The Balaban J connectivity index is 1.13. The maximum absolute atomic E-state index is 6.90. The number of para-hydroxylation sites is 1. The van der Waals surface area contributed by atoms with Crippen LogP contribution in [0.5, 0.6) is 0 Å². The Bertz CT molecular complexity index is 3280. The fourth-order valence-corrected chi connectivity index (χ4v) is 8.85. The number of hydrogen-bond donors (Lipinski definition) is 0. The number of hydrogen-bond acceptors (Lipinski definition) is 2. The van der Waals surface area contributed by atoms with Crippen molar-refractivity contribution < 1.29 is 4.42 Å². The van der Waals surface area contributed by atoms with Gasteiger partial charge in [-0.25, -0.2) is 0 Å². The highest BCUT2D eigenvalue weighted by molar-refractivity contribution is 6.23. The van der Waals surface area contributed by atoms with Gasteiger partial charge >= 0.3 is 0 Å². The Morgan fingerprint density at radius 2 is 0.750 bits per heavy atom. The molecular weight excluding hydrogens is 727 g/mol. The highest BCUT2D eigenvalue weighted by Gasteiger charge is 2.24. The van der Waals surface area contributed by atoms with Gasteiger partial charge in [0.25, 0.3) is 0 Å². The molecule has 0 saturated heterocycles. The third-order valence-corrected chi connectivity index (χ3v) is 11.7. The zero-order valence-corrected chi connectivity index (χ0v) is 32.9. The molecule has 0 N–H and O–H groups in total. The van der Waals surface area contributed by atoms with Crippen molar-refractivity contribution in [1.82, 2.24) is 0 Å². The van der Waals surface area contributed by atoms with E-state index in [2.05, 4.69) is 241 Å². The normalized spacial score (nSPS) is 11.3. The van der Waals surface area contributed by atoms with Crippen molar-refractivity contribution in [2.24, 2.45) is 0 Å². The third kappa shape index (κ3) is 6.23. The Hall–Kier alpha value is -7.94. The minimum atomic E-state index is 0.867. The number of nitrogens with zero attached hydrogens (tertiary/aromatic N) is 1. The summed E-state index contributed by atoms with van der Waals surface area (Å²) >= 11 is 0. The fourth-order valence-electron chi connectivity index (χ4n) is 8.85. The van der Waals surface area contributed by atoms with E-state index in [0.29, 0.717) is 0 Å². The zero-order valence-electron chi connectivity index (χ0n) is 32.9. The Kier molecular flexibility index (Phi) is 8.87. The van der Waals surface area contributed by atoms with E-state index in [-0.39, 0.29) is 0 Å². The van der Waals surface area contributed by atoms with Crippen LogP contribution in [0.2, 0.25) is 0 Å². The van der Waals surface area contributed by atoms with Crippen molar-refractivity contribution in [2.75, 3.05) is 4.90 Å². The molecule has 10 aromatic carbocycles. The van der Waals surface area contributed by atoms with Crippen molar-refractivity contribution in [3.05, 3.63) is 237 Å². The SMILES string of the molecule is c1ccc(-c2ccc(-c3ccc(N(c4ccccc4-c4ccccc4)c4cc5c(oc6cccc(-c7ccccc7-c7ccccc7)c65)c5ccccc45)cc3)cc2)cc1. The van der Waals surface area contributed by atoms with Gasteiger partial charge in [-0.2, -0.15) is 0 Å². The van der Waals surface area contributed by atoms with E-state index in [4.69, 9.17) is 4.42 Å². The lowest BCUT2D eigenvalue weighted by molar-refractivity contribution is 0.673. The number of rotatable bonds is 8. The quantitative estimate of drug-likeness (QED) is 0.153. The highest BCUT2D eigenvalue weighted by atomic mass is 16.3. The van der Waals surface area contributed by atoms with Gasteiger partial charge < -0.3 is 9.32 Å². The van der Waals surface area contributed by atoms with Gasteiger partial charge in [-0.15, -0.1) is 0 Å². The van der Waals surface area contributed by atoms with Crippen molar-refractivity contribution in [3.8, 4) is 55.6 Å². The van der Waals surface area contributed by atoms with Gasteiger partial charge in [-0.3, -0.25) is 0 Å². The highest BCUT2D eigenvalue weighted by Crippen LogP contribution is 2.49. The molecule has 0 spiro atoms. The predicted molar refractivity (Wildman–Crippen MR) is 253 cm³/mol. The first-order valence-corrected chi connectivity index (χ1v) is 20.5. The number of benzene rings is 10. The van der Waals surface area contributed by atoms with Crippen molar-refractivity contribution in [3.63, 3.8) is 0 Å². The first kappa shape index (κ1) is 35.2. The summed E-state index contributed by atoms with van der Waals surface area (Å²) in [7, 11) is 0. The topological polar surface area (TPSA) is 16.4 Å². The van der Waals surface area contributed by atoms with Crippen LogP contribution in [0.4, 0.5) is 17.1 Å². The Morgan fingerprint density at radius 1 is 0.283 bits per heavy atom. The smallest absolute Gasteiger partial charge is 0.143 e. The molecule has 282 valence electrons. The monoisotopic (exact) mass is 765 g/mol. The van der Waals surface area contributed by atoms with Crippen LogP contribution in [0.25, 0.3) is 88.3 Å². The molecule has 1 aromatic heterocycles. The summed E-state index contributed by atoms with van der Waals surface area (Å²) in [6.45, 7) is 0. The number of fused-ring (bicyclic) bond motifs is 5. The molecule has 0 aliphatic carbocycles. The van der Waals surface area contributed by atoms with Crippen molar-refractivity contribution in [2.45, 2.75) is 0 Å². The van der Waals surface area contributed by atoms with Crippen LogP contribution >= 0.6 is 0 Å². The first-order valence-electron chi connectivity index (χ1n) is 20.5. The molecule has 60 heavy (non-hydrogen) atoms. The van der Waals surface area contributed by atoms with Crippen LogP contribution in [0.1, 0.15) is 0 Å². The van der Waals surface area contributed by atoms with Gasteiger partial charge in [-0.1, -0.05) is 206 Å². The van der Waals surface area contributed by atoms with Crippen LogP contribution in [0, 0.1) is 0 Å². The summed E-state index contributed by atoms with van der Waals surface area (Å²) in [4.78, 5) is 2.44. The van der Waals surface area contributed by atoms with Gasteiger partial charge in [0.2, 0.25) is 0 Å². The molecule has 2 nitrogen and oxygen atoms in total. The van der Waals surface area contributed by atoms with Gasteiger partial charge in [0, 0.05) is 32.8 Å². The second-order valence-electron chi connectivity index (χ2n) is 15.2. The maximum Gasteiger partial charge on any atom is 0.143 e. The van der Waals surface area contributed by atoms with Crippen LogP contribution in [-0.4, -0.2) is 0 Å². The summed E-state index contributed by atoms with van der Waals surface area (Å²) < 4.78 is 6.90. The summed E-state index contributed by atoms with van der Waals surface area (Å²) in [5, 5.41) is 4.36. The molecule has 0 aliphatic rings. The summed E-state index contributed by atoms with van der Waals surface area (Å²) in [5.41, 5.74) is 16.8. The molecule has 11 rings (SSSR count). The average Bonchev–Trinajstić information content (AvgIpc) is 3.72. The Morgan fingerprint density at radius 3 is 1.40 bits per heavy atom. The van der Waals surface area contributed by atoms with Crippen LogP contribution in [0.3, 0.4) is 0 Å². The van der Waals surface area contributed by atoms with Crippen LogP contribution in [0.15, 0.2) is 241 Å². The minimum Gasteiger partial charge on any atom is -0.455 e. The second kappa shape index (κ2) is 15.1. The molecule has 0 aliphatic heterocycles. The van der Waals surface area contributed by atoms with Gasteiger partial charge in [-0.05, 0) is 80.4 Å². The summed E-state index contributed by atoms with van der Waals surface area (Å²) in [5.74, 6) is 0. The zero-order chi connectivity index (χ0) is 39.8. The molecular formula is C58H39NO. The van der Waals surface area contributed by atoms with E-state index in [1.807, 2.05) is 0 Å². The standard InChI is InChI=1S/C58H39NO/c1-4-17-40(18-5-1)41-31-33-42(34-32-41)43-35-37-46(38-36-43)59(54-29-15-14-24-48(54)45-21-8-3-9-22-45)55-39-53-57-51(49-25-11-10-23-47(49)44-19-6-2-7-20-44)28-16-30-56(57)60-58(53)52-27-13-12-26-50(52)55/h1-39H. The molecule has 0 atom stereocenters. The summed E-state index contributed by atoms with van der Waals surface area (Å²) in [6, 6.07) is 84.7. The lowest BCUT2D eigenvalue weighted by atomic mass is 9.91. The van der Waals surface area contributed by atoms with Gasteiger partial charge in [0.1, 0.15) is 11.2 Å². The van der Waals surface area contributed by atoms with E-state index >= 15 is 0 Å². The molecule has 11 aromatic rings. The Labute approximate surface area is 349 Å². The molecule has 1 heterocycles. The van der Waals surface area contributed by atoms with Crippen LogP contribution < -0.4 is 4.90 Å². The second-order valence-corrected chi connectivity index (χ2v) is 15.2. The molecule has 0 radical (unpaired) electrons. The number of furan rings is 1. The molecule has 2 heteroatoms. The predicted octanol–water partition coefficient (Wildman–Crippen LogP) is 16.5. The summed E-state index contributed by atoms with van der Waals surface area (Å²) in [6.07, 6.45) is 0. The lowest BCUT2D eigenvalue weighted by Gasteiger charge is -2.29. The van der Waals surface area contributed by atoms with E-state index in [1.54, 1.807) is 0 Å².